The predicted octanol–water partition coefficient (Wildman–Crippen LogP) is 3.98. The molecule has 0 saturated carbocycles. The molecule has 1 aliphatic rings. The van der Waals surface area contributed by atoms with Crippen LogP contribution in [0.5, 0.6) is 5.75 Å². The number of fused-ring (bicyclic) bond motifs is 1. The number of ether oxygens (including phenoxy) is 1. The summed E-state index contributed by atoms with van der Waals surface area (Å²) in [5.41, 5.74) is 3.35. The lowest BCUT2D eigenvalue weighted by Gasteiger charge is -2.22. The summed E-state index contributed by atoms with van der Waals surface area (Å²) < 4.78 is 18.6. The number of aromatic nitrogens is 2. The van der Waals surface area contributed by atoms with E-state index in [9.17, 15) is 4.39 Å². The van der Waals surface area contributed by atoms with Crippen LogP contribution in [0.4, 0.5) is 10.2 Å². The number of hydrogen-bond acceptors (Lipinski definition) is 4. The van der Waals surface area contributed by atoms with E-state index < -0.39 is 0 Å². The Morgan fingerprint density at radius 3 is 2.78 bits per heavy atom. The molecular weight excluding hydrogens is 293 g/mol. The van der Waals surface area contributed by atoms with E-state index in [4.69, 9.17) is 4.74 Å². The van der Waals surface area contributed by atoms with Gasteiger partial charge in [-0.05, 0) is 57.2 Å². The first kappa shape index (κ1) is 15.7. The summed E-state index contributed by atoms with van der Waals surface area (Å²) in [4.78, 5) is 9.16. The third-order valence-corrected chi connectivity index (χ3v) is 4.32. The summed E-state index contributed by atoms with van der Waals surface area (Å²) >= 11 is 0. The van der Waals surface area contributed by atoms with Gasteiger partial charge in [0.15, 0.2) is 11.6 Å². The van der Waals surface area contributed by atoms with E-state index in [-0.39, 0.29) is 17.6 Å². The molecule has 5 heteroatoms. The second kappa shape index (κ2) is 6.52. The Bertz CT molecular complexity index is 718. The second-order valence-corrected chi connectivity index (χ2v) is 6.01. The minimum absolute atomic E-state index is 0.00447. The van der Waals surface area contributed by atoms with Crippen molar-refractivity contribution in [3.05, 3.63) is 46.7 Å². The summed E-state index contributed by atoms with van der Waals surface area (Å²) in [6.45, 7) is 3.96. The molecule has 1 heterocycles. The van der Waals surface area contributed by atoms with Gasteiger partial charge < -0.3 is 10.1 Å². The Morgan fingerprint density at radius 1 is 1.22 bits per heavy atom. The molecule has 1 aromatic carbocycles. The van der Waals surface area contributed by atoms with E-state index >= 15 is 0 Å². The molecule has 1 N–H and O–H groups in total. The quantitative estimate of drug-likeness (QED) is 0.927. The molecule has 1 atom stereocenters. The van der Waals surface area contributed by atoms with E-state index in [0.717, 1.165) is 35.7 Å². The Labute approximate surface area is 136 Å². The van der Waals surface area contributed by atoms with Crippen molar-refractivity contribution in [1.29, 1.82) is 0 Å². The highest BCUT2D eigenvalue weighted by Crippen LogP contribution is 2.29. The Hall–Kier alpha value is -2.17. The van der Waals surface area contributed by atoms with Gasteiger partial charge in [0.05, 0.1) is 13.2 Å². The van der Waals surface area contributed by atoms with Crippen LogP contribution in [0.1, 0.15) is 48.5 Å². The normalized spacial score (nSPS) is 15.0. The Balaban J connectivity index is 1.88. The van der Waals surface area contributed by atoms with Crippen molar-refractivity contribution < 1.29 is 9.13 Å². The summed E-state index contributed by atoms with van der Waals surface area (Å²) in [6.07, 6.45) is 4.39. The van der Waals surface area contributed by atoms with Gasteiger partial charge in [-0.15, -0.1) is 0 Å². The van der Waals surface area contributed by atoms with Gasteiger partial charge in [0.2, 0.25) is 0 Å². The smallest absolute Gasteiger partial charge is 0.165 e. The van der Waals surface area contributed by atoms with Crippen LogP contribution in [0, 0.1) is 12.7 Å². The molecule has 0 aliphatic heterocycles. The molecule has 0 spiro atoms. The van der Waals surface area contributed by atoms with Crippen molar-refractivity contribution in [2.24, 2.45) is 0 Å². The van der Waals surface area contributed by atoms with Crippen LogP contribution >= 0.6 is 0 Å². The molecule has 122 valence electrons. The maximum absolute atomic E-state index is 13.6. The number of anilines is 1. The first-order valence-corrected chi connectivity index (χ1v) is 8.05. The molecular formula is C18H22FN3O. The highest BCUT2D eigenvalue weighted by Gasteiger charge is 2.19. The number of nitrogens with zero attached hydrogens (tertiary/aromatic N) is 2. The van der Waals surface area contributed by atoms with Crippen LogP contribution in [0.15, 0.2) is 18.2 Å². The summed E-state index contributed by atoms with van der Waals surface area (Å²) in [5, 5.41) is 3.47. The summed E-state index contributed by atoms with van der Waals surface area (Å²) in [5.74, 6) is 1.61. The maximum atomic E-state index is 13.6. The molecule has 1 aromatic heterocycles. The third kappa shape index (κ3) is 3.28. The van der Waals surface area contributed by atoms with Crippen molar-refractivity contribution in [1.82, 2.24) is 9.97 Å². The topological polar surface area (TPSA) is 47.0 Å². The lowest BCUT2D eigenvalue weighted by Crippen LogP contribution is -2.16. The van der Waals surface area contributed by atoms with Crippen LogP contribution < -0.4 is 10.1 Å². The molecule has 2 aromatic rings. The highest BCUT2D eigenvalue weighted by molar-refractivity contribution is 5.50. The fraction of sp³-hybridized carbons (Fsp3) is 0.444. The number of nitrogens with one attached hydrogen (secondary N) is 1. The lowest BCUT2D eigenvalue weighted by molar-refractivity contribution is 0.385. The van der Waals surface area contributed by atoms with Gasteiger partial charge >= 0.3 is 0 Å². The number of aryl methyl sites for hydroxylation is 2. The Kier molecular flexibility index (Phi) is 4.46. The first-order chi connectivity index (χ1) is 11.1. The van der Waals surface area contributed by atoms with Gasteiger partial charge in [-0.25, -0.2) is 14.4 Å². The SMILES string of the molecule is COc1cc(C(C)Nc2nc(C)nc3c2CCCC3)ccc1F. The summed E-state index contributed by atoms with van der Waals surface area (Å²) in [7, 11) is 1.48. The highest BCUT2D eigenvalue weighted by atomic mass is 19.1. The molecule has 0 fully saturated rings. The standard InChI is InChI=1S/C18H22FN3O/c1-11(13-8-9-15(19)17(10-13)23-3)20-18-14-6-4-5-7-16(14)21-12(2)22-18/h8-11H,4-7H2,1-3H3,(H,20,21,22). The van der Waals surface area contributed by atoms with Crippen LogP contribution in [0.3, 0.4) is 0 Å². The van der Waals surface area contributed by atoms with Gasteiger partial charge in [0.25, 0.3) is 0 Å². The van der Waals surface area contributed by atoms with Crippen LogP contribution in [-0.4, -0.2) is 17.1 Å². The molecule has 0 amide bonds. The average Bonchev–Trinajstić information content (AvgIpc) is 2.55. The lowest BCUT2D eigenvalue weighted by atomic mass is 9.96. The van der Waals surface area contributed by atoms with Gasteiger partial charge in [0, 0.05) is 11.3 Å². The minimum atomic E-state index is -0.348. The van der Waals surface area contributed by atoms with Crippen molar-refractivity contribution in [2.75, 3.05) is 12.4 Å². The van der Waals surface area contributed by atoms with Crippen molar-refractivity contribution in [3.63, 3.8) is 0 Å². The maximum Gasteiger partial charge on any atom is 0.165 e. The molecule has 3 rings (SSSR count). The molecule has 0 radical (unpaired) electrons. The third-order valence-electron chi connectivity index (χ3n) is 4.32. The zero-order valence-electron chi connectivity index (χ0n) is 13.8. The van der Waals surface area contributed by atoms with Gasteiger partial charge in [-0.2, -0.15) is 0 Å². The van der Waals surface area contributed by atoms with E-state index in [0.29, 0.717) is 0 Å². The number of halogens is 1. The fourth-order valence-corrected chi connectivity index (χ4v) is 3.07. The van der Waals surface area contributed by atoms with Crippen molar-refractivity contribution in [3.8, 4) is 5.75 Å². The fourth-order valence-electron chi connectivity index (χ4n) is 3.07. The van der Waals surface area contributed by atoms with E-state index in [1.165, 1.54) is 31.6 Å². The van der Waals surface area contributed by atoms with E-state index in [1.54, 1.807) is 12.1 Å². The van der Waals surface area contributed by atoms with Crippen LogP contribution in [0.25, 0.3) is 0 Å². The van der Waals surface area contributed by atoms with Gasteiger partial charge in [0.1, 0.15) is 11.6 Å². The Morgan fingerprint density at radius 2 is 2.00 bits per heavy atom. The van der Waals surface area contributed by atoms with E-state index in [2.05, 4.69) is 15.3 Å². The van der Waals surface area contributed by atoms with Crippen LogP contribution in [0.2, 0.25) is 0 Å². The number of rotatable bonds is 4. The van der Waals surface area contributed by atoms with Crippen LogP contribution in [-0.2, 0) is 12.8 Å². The predicted molar refractivity (Wildman–Crippen MR) is 88.4 cm³/mol. The van der Waals surface area contributed by atoms with Crippen molar-refractivity contribution >= 4 is 5.82 Å². The summed E-state index contributed by atoms with van der Waals surface area (Å²) in [6, 6.07) is 4.95. The number of methoxy groups -OCH3 is 1. The minimum Gasteiger partial charge on any atom is -0.494 e. The first-order valence-electron chi connectivity index (χ1n) is 8.05. The molecule has 23 heavy (non-hydrogen) atoms. The number of hydrogen-bond donors (Lipinski definition) is 1. The van der Waals surface area contributed by atoms with Crippen molar-refractivity contribution in [2.45, 2.75) is 45.6 Å². The zero-order valence-corrected chi connectivity index (χ0v) is 13.8. The zero-order chi connectivity index (χ0) is 16.4. The second-order valence-electron chi connectivity index (χ2n) is 6.01. The largest absolute Gasteiger partial charge is 0.494 e. The van der Waals surface area contributed by atoms with Gasteiger partial charge in [-0.3, -0.25) is 0 Å². The molecule has 0 saturated heterocycles. The van der Waals surface area contributed by atoms with E-state index in [1.807, 2.05) is 13.8 Å². The number of benzene rings is 1. The van der Waals surface area contributed by atoms with Gasteiger partial charge in [-0.1, -0.05) is 6.07 Å². The molecule has 4 nitrogen and oxygen atoms in total. The average molecular weight is 315 g/mol. The molecule has 0 bridgehead atoms. The monoisotopic (exact) mass is 315 g/mol. The molecule has 1 unspecified atom stereocenters. The molecule has 1 aliphatic carbocycles.